The molecule has 2 atom stereocenters. The highest BCUT2D eigenvalue weighted by Gasteiger charge is 2.68. The van der Waals surface area contributed by atoms with E-state index in [0.29, 0.717) is 9.65 Å². The van der Waals surface area contributed by atoms with Crippen molar-refractivity contribution in [3.8, 4) is 0 Å². The first-order chi connectivity index (χ1) is 14.0. The fourth-order valence-corrected chi connectivity index (χ4v) is 10.3. The molecule has 29 heavy (non-hydrogen) atoms. The highest BCUT2D eigenvalue weighted by molar-refractivity contribution is 9.12. The van der Waals surface area contributed by atoms with Crippen LogP contribution in [0.3, 0.4) is 0 Å². The van der Waals surface area contributed by atoms with E-state index in [1.54, 1.807) is 19.3 Å². The van der Waals surface area contributed by atoms with E-state index < -0.39 is 0 Å². The lowest BCUT2D eigenvalue weighted by Crippen LogP contribution is -2.65. The van der Waals surface area contributed by atoms with Crippen LogP contribution < -0.4 is 0 Å². The Morgan fingerprint density at radius 2 is 1.28 bits per heavy atom. The second kappa shape index (κ2) is 9.84. The van der Waals surface area contributed by atoms with E-state index in [0.717, 1.165) is 34.5 Å². The van der Waals surface area contributed by atoms with Crippen molar-refractivity contribution >= 4 is 31.9 Å². The maximum Gasteiger partial charge on any atom is 0.0302 e. The number of hydrogen-bond acceptors (Lipinski definition) is 0. The molecule has 0 radical (unpaired) electrons. The van der Waals surface area contributed by atoms with Crippen LogP contribution in [-0.2, 0) is 0 Å². The van der Waals surface area contributed by atoms with Crippen LogP contribution in [0.15, 0.2) is 0 Å². The molecule has 0 N–H and O–H groups in total. The Kier molecular flexibility index (Phi) is 7.85. The topological polar surface area (TPSA) is 0 Å². The van der Waals surface area contributed by atoms with E-state index in [9.17, 15) is 0 Å². The normalized spacial score (nSPS) is 43.9. The van der Waals surface area contributed by atoms with Crippen molar-refractivity contribution in [2.75, 3.05) is 0 Å². The first-order valence-electron chi connectivity index (χ1n) is 13.3. The van der Waals surface area contributed by atoms with Gasteiger partial charge in [0, 0.05) is 9.65 Å². The maximum atomic E-state index is 4.20. The minimum Gasteiger partial charge on any atom is -0.0875 e. The van der Waals surface area contributed by atoms with E-state index in [2.05, 4.69) is 45.7 Å². The van der Waals surface area contributed by atoms with Gasteiger partial charge in [0.05, 0.1) is 0 Å². The molecule has 0 spiro atoms. The number of unbranched alkanes of at least 4 members (excludes halogenated alkanes) is 2. The van der Waals surface area contributed by atoms with Crippen molar-refractivity contribution in [3.05, 3.63) is 0 Å². The van der Waals surface area contributed by atoms with Crippen molar-refractivity contribution < 1.29 is 0 Å². The predicted molar refractivity (Wildman–Crippen MR) is 134 cm³/mol. The summed E-state index contributed by atoms with van der Waals surface area (Å²) in [7, 11) is 0. The van der Waals surface area contributed by atoms with Crippen molar-refractivity contribution in [3.63, 3.8) is 0 Å². The molecule has 5 aliphatic rings. The Balaban J connectivity index is 1.17. The summed E-state index contributed by atoms with van der Waals surface area (Å²) >= 11 is 8.39. The molecule has 168 valence electrons. The molecule has 5 fully saturated rings. The van der Waals surface area contributed by atoms with Gasteiger partial charge in [-0.1, -0.05) is 90.7 Å². The van der Waals surface area contributed by atoms with Gasteiger partial charge in [-0.3, -0.25) is 0 Å². The van der Waals surface area contributed by atoms with E-state index in [1.807, 2.05) is 0 Å². The molecule has 0 nitrogen and oxygen atoms in total. The Bertz CT molecular complexity index is 493. The molecule has 0 amide bonds. The molecule has 2 unspecified atom stereocenters. The summed E-state index contributed by atoms with van der Waals surface area (Å²) in [4.78, 5) is 1.40. The van der Waals surface area contributed by atoms with Crippen LogP contribution in [0.5, 0.6) is 0 Å². The number of hydrogen-bond donors (Lipinski definition) is 0. The molecule has 2 heteroatoms. The molecule has 0 aromatic heterocycles. The Morgan fingerprint density at radius 3 is 1.79 bits per heavy atom. The monoisotopic (exact) mass is 528 g/mol. The molecule has 0 saturated heterocycles. The van der Waals surface area contributed by atoms with E-state index in [4.69, 9.17) is 0 Å². The van der Waals surface area contributed by atoms with Crippen LogP contribution in [0.2, 0.25) is 0 Å². The summed E-state index contributed by atoms with van der Waals surface area (Å²) in [6.45, 7) is 4.71. The molecule has 0 heterocycles. The summed E-state index contributed by atoms with van der Waals surface area (Å²) < 4.78 is 0. The van der Waals surface area contributed by atoms with Gasteiger partial charge < -0.3 is 0 Å². The van der Waals surface area contributed by atoms with Gasteiger partial charge in [-0.2, -0.15) is 0 Å². The summed E-state index contributed by atoms with van der Waals surface area (Å²) in [5.74, 6) is 3.93. The van der Waals surface area contributed by atoms with Gasteiger partial charge in [0.1, 0.15) is 0 Å². The Morgan fingerprint density at radius 1 is 0.724 bits per heavy atom. The van der Waals surface area contributed by atoms with Gasteiger partial charge in [0.25, 0.3) is 0 Å². The number of halogens is 2. The van der Waals surface area contributed by atoms with E-state index >= 15 is 0 Å². The summed E-state index contributed by atoms with van der Waals surface area (Å²) in [6.07, 6.45) is 25.4. The summed E-state index contributed by atoms with van der Waals surface area (Å²) in [5.41, 5.74) is 1.66. The van der Waals surface area contributed by atoms with Crippen molar-refractivity contribution in [2.24, 2.45) is 34.5 Å². The van der Waals surface area contributed by atoms with Crippen LogP contribution in [-0.4, -0.2) is 9.65 Å². The summed E-state index contributed by atoms with van der Waals surface area (Å²) in [6, 6.07) is 0. The third kappa shape index (κ3) is 4.84. The zero-order valence-electron chi connectivity index (χ0n) is 19.2. The quantitative estimate of drug-likeness (QED) is 0.195. The number of alkyl halides is 2. The second-order valence-corrected chi connectivity index (χ2v) is 14.0. The van der Waals surface area contributed by atoms with Crippen LogP contribution in [0.4, 0.5) is 0 Å². The fraction of sp³-hybridized carbons (Fsp3) is 1.00. The lowest BCUT2D eigenvalue weighted by molar-refractivity contribution is -0.245. The Labute approximate surface area is 198 Å². The van der Waals surface area contributed by atoms with Crippen LogP contribution in [0.25, 0.3) is 0 Å². The minimum absolute atomic E-state index is 0.698. The van der Waals surface area contributed by atoms with Gasteiger partial charge >= 0.3 is 0 Å². The van der Waals surface area contributed by atoms with E-state index in [1.165, 1.54) is 89.9 Å². The van der Waals surface area contributed by atoms with Crippen molar-refractivity contribution in [1.82, 2.24) is 0 Å². The lowest BCUT2D eigenvalue weighted by atomic mass is 9.30. The number of rotatable bonds is 10. The molecule has 5 aliphatic carbocycles. The first-order valence-corrected chi connectivity index (χ1v) is 15.1. The molecule has 5 rings (SSSR count). The average molecular weight is 530 g/mol. The molecule has 2 bridgehead atoms. The third-order valence-corrected chi connectivity index (χ3v) is 13.3. The van der Waals surface area contributed by atoms with Crippen LogP contribution in [0, 0.1) is 34.5 Å². The predicted octanol–water partition coefficient (Wildman–Crippen LogP) is 9.68. The molecular weight excluding hydrogens is 484 g/mol. The van der Waals surface area contributed by atoms with Crippen molar-refractivity contribution in [1.29, 1.82) is 0 Å². The van der Waals surface area contributed by atoms with Gasteiger partial charge in [-0.25, -0.2) is 0 Å². The molecule has 5 saturated carbocycles. The SMILES string of the molecule is CCCCCC1CCC(C(Br)C(Br)C2CCC(C34CC(CCC)(C3)C4)CC2)CC1. The zero-order chi connectivity index (χ0) is 20.5. The third-order valence-electron chi connectivity index (χ3n) is 9.91. The van der Waals surface area contributed by atoms with Gasteiger partial charge in [0.2, 0.25) is 0 Å². The Hall–Kier alpha value is 0.960. The second-order valence-electron chi connectivity index (χ2n) is 11.9. The molecule has 0 aliphatic heterocycles. The van der Waals surface area contributed by atoms with Crippen LogP contribution >= 0.6 is 31.9 Å². The smallest absolute Gasteiger partial charge is 0.0302 e. The standard InChI is InChI=1S/C27H46Br2/c1-3-5-6-7-20-8-10-21(11-9-20)24(28)25(29)22-12-14-23(15-13-22)27-17-26(18-27,19-27)16-4-2/h20-25H,3-19H2,1-2H3. The van der Waals surface area contributed by atoms with Crippen molar-refractivity contribution in [2.45, 2.75) is 133 Å². The minimum atomic E-state index is 0.698. The maximum absolute atomic E-state index is 4.20. The molecule has 0 aromatic carbocycles. The zero-order valence-corrected chi connectivity index (χ0v) is 22.4. The molecular formula is C27H46Br2. The highest BCUT2D eigenvalue weighted by atomic mass is 79.9. The van der Waals surface area contributed by atoms with E-state index in [-0.39, 0.29) is 0 Å². The highest BCUT2D eigenvalue weighted by Crippen LogP contribution is 2.79. The first kappa shape index (κ1) is 23.1. The summed E-state index contributed by atoms with van der Waals surface area (Å²) in [5, 5.41) is 0. The van der Waals surface area contributed by atoms with Crippen LogP contribution in [0.1, 0.15) is 123 Å². The lowest BCUT2D eigenvalue weighted by Gasteiger charge is -2.75. The van der Waals surface area contributed by atoms with Gasteiger partial charge in [-0.05, 0) is 98.7 Å². The average Bonchev–Trinajstić information content (AvgIpc) is 2.69. The molecule has 0 aromatic rings. The fourth-order valence-electron chi connectivity index (χ4n) is 8.36. The van der Waals surface area contributed by atoms with Gasteiger partial charge in [-0.15, -0.1) is 0 Å². The van der Waals surface area contributed by atoms with Gasteiger partial charge in [0.15, 0.2) is 0 Å². The largest absolute Gasteiger partial charge is 0.0875 e.